The van der Waals surface area contributed by atoms with Crippen molar-refractivity contribution in [2.75, 3.05) is 39.8 Å². The zero-order valence-corrected chi connectivity index (χ0v) is 17.5. The summed E-state index contributed by atoms with van der Waals surface area (Å²) in [5.41, 5.74) is 0. The number of ether oxygens (including phenoxy) is 1. The van der Waals surface area contributed by atoms with Crippen molar-refractivity contribution in [2.24, 2.45) is 0 Å². The largest absolute Gasteiger partial charge is 0.494 e. The number of benzene rings is 1. The lowest BCUT2D eigenvalue weighted by Crippen LogP contribution is -2.51. The summed E-state index contributed by atoms with van der Waals surface area (Å²) in [7, 11) is -2.32. The van der Waals surface area contributed by atoms with Gasteiger partial charge in [0.2, 0.25) is 15.9 Å². The summed E-state index contributed by atoms with van der Waals surface area (Å²) >= 11 is 9.32. The molecule has 0 bridgehead atoms. The molecule has 2 aliphatic rings. The molecule has 0 radical (unpaired) electrons. The highest BCUT2D eigenvalue weighted by molar-refractivity contribution is 9.10. The van der Waals surface area contributed by atoms with Gasteiger partial charge >= 0.3 is 0 Å². The SMILES string of the molecule is COc1c(Br)cc(Cl)cc1S(=O)(=O)N1CCN(CC(=O)NC2CC2)CC1. The molecule has 2 fully saturated rings. The van der Waals surface area contributed by atoms with Gasteiger partial charge in [0.1, 0.15) is 4.90 Å². The second-order valence-electron chi connectivity index (χ2n) is 6.44. The van der Waals surface area contributed by atoms with E-state index in [0.717, 1.165) is 12.8 Å². The van der Waals surface area contributed by atoms with Crippen molar-refractivity contribution in [3.63, 3.8) is 0 Å². The number of hydrogen-bond donors (Lipinski definition) is 1. The van der Waals surface area contributed by atoms with Gasteiger partial charge in [0.05, 0.1) is 18.1 Å². The molecule has 1 N–H and O–H groups in total. The molecule has 144 valence electrons. The van der Waals surface area contributed by atoms with Crippen molar-refractivity contribution in [1.29, 1.82) is 0 Å². The first-order chi connectivity index (χ1) is 12.3. The maximum absolute atomic E-state index is 13.0. The molecule has 1 aliphatic heterocycles. The van der Waals surface area contributed by atoms with Gasteiger partial charge in [0.15, 0.2) is 5.75 Å². The Morgan fingerprint density at radius 3 is 2.54 bits per heavy atom. The zero-order valence-electron chi connectivity index (χ0n) is 14.4. The summed E-state index contributed by atoms with van der Waals surface area (Å²) in [6.45, 7) is 1.93. The van der Waals surface area contributed by atoms with Crippen LogP contribution in [0.5, 0.6) is 5.75 Å². The molecule has 7 nitrogen and oxygen atoms in total. The number of methoxy groups -OCH3 is 1. The van der Waals surface area contributed by atoms with Crippen molar-refractivity contribution in [2.45, 2.75) is 23.8 Å². The third-order valence-corrected chi connectivity index (χ3v) is 7.15. The van der Waals surface area contributed by atoms with Crippen LogP contribution in [0.3, 0.4) is 0 Å². The standard InChI is InChI=1S/C16H21BrClN3O4S/c1-25-16-13(17)8-11(18)9-14(16)26(23,24)21-6-4-20(5-7-21)10-15(22)19-12-2-3-12/h8-9,12H,2-7,10H2,1H3,(H,19,22). The molecule has 1 heterocycles. The van der Waals surface area contributed by atoms with Crippen LogP contribution >= 0.6 is 27.5 Å². The van der Waals surface area contributed by atoms with Crippen LogP contribution < -0.4 is 10.1 Å². The van der Waals surface area contributed by atoms with E-state index in [-0.39, 0.29) is 16.6 Å². The summed E-state index contributed by atoms with van der Waals surface area (Å²) in [5, 5.41) is 3.26. The Kier molecular flexibility index (Phi) is 6.13. The van der Waals surface area contributed by atoms with Crippen molar-refractivity contribution in [3.8, 4) is 5.75 Å². The maximum atomic E-state index is 13.0. The number of nitrogens with zero attached hydrogens (tertiary/aromatic N) is 2. The minimum atomic E-state index is -3.74. The van der Waals surface area contributed by atoms with Crippen LogP contribution in [0.4, 0.5) is 0 Å². The van der Waals surface area contributed by atoms with Gasteiger partial charge in [-0.3, -0.25) is 9.69 Å². The predicted octanol–water partition coefficient (Wildman–Crippen LogP) is 1.70. The summed E-state index contributed by atoms with van der Waals surface area (Å²) < 4.78 is 33.2. The third-order valence-electron chi connectivity index (χ3n) is 4.44. The van der Waals surface area contributed by atoms with E-state index in [2.05, 4.69) is 21.2 Å². The fourth-order valence-corrected chi connectivity index (χ4v) is 5.69. The summed E-state index contributed by atoms with van der Waals surface area (Å²) in [5.74, 6) is 0.241. The van der Waals surface area contributed by atoms with Gasteiger partial charge in [0, 0.05) is 37.2 Å². The molecular weight excluding hydrogens is 446 g/mol. The summed E-state index contributed by atoms with van der Waals surface area (Å²) in [6, 6.07) is 3.32. The molecule has 1 saturated heterocycles. The minimum absolute atomic E-state index is 0.00393. The van der Waals surface area contributed by atoms with Crippen molar-refractivity contribution in [1.82, 2.24) is 14.5 Å². The molecule has 0 atom stereocenters. The monoisotopic (exact) mass is 465 g/mol. The van der Waals surface area contributed by atoms with E-state index in [1.165, 1.54) is 17.5 Å². The molecule has 1 aromatic carbocycles. The number of halogens is 2. The Hall–Kier alpha value is -0.870. The highest BCUT2D eigenvalue weighted by Gasteiger charge is 2.33. The highest BCUT2D eigenvalue weighted by atomic mass is 79.9. The Bertz CT molecular complexity index is 793. The molecule has 1 aromatic rings. The minimum Gasteiger partial charge on any atom is -0.494 e. The van der Waals surface area contributed by atoms with E-state index in [1.54, 1.807) is 6.07 Å². The van der Waals surface area contributed by atoms with E-state index in [4.69, 9.17) is 16.3 Å². The van der Waals surface area contributed by atoms with Gasteiger partial charge in [-0.15, -0.1) is 0 Å². The molecule has 1 saturated carbocycles. The molecule has 1 amide bonds. The summed E-state index contributed by atoms with van der Waals surface area (Å²) in [6.07, 6.45) is 2.10. The fourth-order valence-electron chi connectivity index (χ4n) is 2.90. The average molecular weight is 467 g/mol. The van der Waals surface area contributed by atoms with Gasteiger partial charge in [-0.2, -0.15) is 4.31 Å². The van der Waals surface area contributed by atoms with E-state index in [0.29, 0.717) is 48.3 Å². The van der Waals surface area contributed by atoms with E-state index < -0.39 is 10.0 Å². The van der Waals surface area contributed by atoms with Gasteiger partial charge < -0.3 is 10.1 Å². The number of rotatable bonds is 6. The van der Waals surface area contributed by atoms with Crippen LogP contribution in [0.2, 0.25) is 5.02 Å². The number of nitrogens with one attached hydrogen (secondary N) is 1. The lowest BCUT2D eigenvalue weighted by atomic mass is 10.3. The molecule has 26 heavy (non-hydrogen) atoms. The lowest BCUT2D eigenvalue weighted by Gasteiger charge is -2.33. The Balaban J connectivity index is 1.67. The number of hydrogen-bond acceptors (Lipinski definition) is 5. The van der Waals surface area contributed by atoms with Crippen LogP contribution in [-0.4, -0.2) is 69.4 Å². The second-order valence-corrected chi connectivity index (χ2v) is 9.64. The van der Waals surface area contributed by atoms with Crippen LogP contribution in [0, 0.1) is 0 Å². The number of sulfonamides is 1. The normalized spacial score (nSPS) is 19.3. The summed E-state index contributed by atoms with van der Waals surface area (Å²) in [4.78, 5) is 13.9. The topological polar surface area (TPSA) is 79.0 Å². The third kappa shape index (κ3) is 4.51. The van der Waals surface area contributed by atoms with Crippen molar-refractivity contribution in [3.05, 3.63) is 21.6 Å². The molecule has 10 heteroatoms. The molecule has 0 aromatic heterocycles. The second kappa shape index (κ2) is 8.02. The molecule has 1 aliphatic carbocycles. The van der Waals surface area contributed by atoms with E-state index >= 15 is 0 Å². The van der Waals surface area contributed by atoms with E-state index in [9.17, 15) is 13.2 Å². The van der Waals surface area contributed by atoms with Crippen LogP contribution in [0.25, 0.3) is 0 Å². The van der Waals surface area contributed by atoms with Gasteiger partial charge in [-0.05, 0) is 40.9 Å². The van der Waals surface area contributed by atoms with Crippen LogP contribution in [0.1, 0.15) is 12.8 Å². The quantitative estimate of drug-likeness (QED) is 0.690. The average Bonchev–Trinajstić information content (AvgIpc) is 3.38. The van der Waals surface area contributed by atoms with Crippen molar-refractivity contribution >= 4 is 43.5 Å². The molecule has 0 unspecified atom stereocenters. The Morgan fingerprint density at radius 2 is 1.96 bits per heavy atom. The maximum Gasteiger partial charge on any atom is 0.246 e. The lowest BCUT2D eigenvalue weighted by molar-refractivity contribution is -0.122. The first-order valence-corrected chi connectivity index (χ1v) is 11.0. The number of carbonyl (C=O) groups excluding carboxylic acids is 1. The first-order valence-electron chi connectivity index (χ1n) is 8.36. The first kappa shape index (κ1) is 19.9. The van der Waals surface area contributed by atoms with Gasteiger partial charge in [-0.25, -0.2) is 8.42 Å². The van der Waals surface area contributed by atoms with Gasteiger partial charge in [-0.1, -0.05) is 11.6 Å². The zero-order chi connectivity index (χ0) is 18.9. The molecule has 3 rings (SSSR count). The van der Waals surface area contributed by atoms with Crippen LogP contribution in [0.15, 0.2) is 21.5 Å². The fraction of sp³-hybridized carbons (Fsp3) is 0.562. The molecular formula is C16H21BrClN3O4S. The Labute approximate surface area is 166 Å². The number of piperazine rings is 1. The van der Waals surface area contributed by atoms with Gasteiger partial charge in [0.25, 0.3) is 0 Å². The number of carbonyl (C=O) groups is 1. The van der Waals surface area contributed by atoms with E-state index in [1.807, 2.05) is 4.90 Å². The Morgan fingerprint density at radius 1 is 1.31 bits per heavy atom. The van der Waals surface area contributed by atoms with Crippen LogP contribution in [-0.2, 0) is 14.8 Å². The molecule has 0 spiro atoms. The number of amides is 1. The predicted molar refractivity (Wildman–Crippen MR) is 102 cm³/mol. The van der Waals surface area contributed by atoms with Crippen molar-refractivity contribution < 1.29 is 17.9 Å². The highest BCUT2D eigenvalue weighted by Crippen LogP contribution is 2.37. The smallest absolute Gasteiger partial charge is 0.246 e.